The van der Waals surface area contributed by atoms with Gasteiger partial charge in [-0.3, -0.25) is 14.4 Å². The number of hydrogen-bond acceptors (Lipinski definition) is 5. The molecule has 2 unspecified atom stereocenters. The zero-order chi connectivity index (χ0) is 28.5. The molecule has 0 aliphatic carbocycles. The van der Waals surface area contributed by atoms with E-state index in [9.17, 15) is 19.5 Å². The van der Waals surface area contributed by atoms with Crippen molar-refractivity contribution in [3.63, 3.8) is 0 Å². The first-order valence-electron chi connectivity index (χ1n) is 14.2. The van der Waals surface area contributed by atoms with Gasteiger partial charge in [-0.25, -0.2) is 0 Å². The van der Waals surface area contributed by atoms with Crippen LogP contribution in [0.3, 0.4) is 0 Å². The van der Waals surface area contributed by atoms with E-state index in [0.717, 1.165) is 23.2 Å². The summed E-state index contributed by atoms with van der Waals surface area (Å²) in [6.45, 7) is 16.4. The maximum absolute atomic E-state index is 14.7. The van der Waals surface area contributed by atoms with E-state index >= 15 is 0 Å². The van der Waals surface area contributed by atoms with E-state index in [0.29, 0.717) is 32.4 Å². The van der Waals surface area contributed by atoms with Gasteiger partial charge in [0.1, 0.15) is 11.6 Å². The van der Waals surface area contributed by atoms with Gasteiger partial charge in [-0.2, -0.15) is 0 Å². The minimum atomic E-state index is -1.12. The Hall–Kier alpha value is -2.97. The van der Waals surface area contributed by atoms with Crippen molar-refractivity contribution in [2.45, 2.75) is 77.2 Å². The Kier molecular flexibility index (Phi) is 8.66. The number of hydrogen-bond donors (Lipinski definition) is 1. The van der Waals surface area contributed by atoms with Gasteiger partial charge in [0.25, 0.3) is 5.91 Å². The molecule has 8 nitrogen and oxygen atoms in total. The minimum absolute atomic E-state index is 0.121. The van der Waals surface area contributed by atoms with Gasteiger partial charge in [0.15, 0.2) is 0 Å². The van der Waals surface area contributed by atoms with Gasteiger partial charge in [-0.1, -0.05) is 44.2 Å². The maximum atomic E-state index is 14.7. The molecule has 3 aliphatic rings. The number of likely N-dealkylation sites (tertiary alicyclic amines) is 1. The molecule has 8 heteroatoms. The second-order valence-corrected chi connectivity index (χ2v) is 11.1. The molecule has 3 aliphatic heterocycles. The van der Waals surface area contributed by atoms with Crippen LogP contribution in [0.15, 0.2) is 43.5 Å². The molecule has 1 spiro atoms. The van der Waals surface area contributed by atoms with Gasteiger partial charge in [0, 0.05) is 25.3 Å². The van der Waals surface area contributed by atoms with Crippen LogP contribution in [0.1, 0.15) is 50.7 Å². The molecule has 4 rings (SSSR count). The Bertz CT molecular complexity index is 1110. The number of para-hydroxylation sites is 1. The monoisotopic (exact) mass is 537 g/mol. The van der Waals surface area contributed by atoms with Gasteiger partial charge >= 0.3 is 0 Å². The van der Waals surface area contributed by atoms with Crippen molar-refractivity contribution in [1.29, 1.82) is 0 Å². The number of aliphatic hydroxyl groups is 1. The van der Waals surface area contributed by atoms with Gasteiger partial charge < -0.3 is 24.5 Å². The molecule has 3 heterocycles. The molecule has 2 bridgehead atoms. The lowest BCUT2D eigenvalue weighted by atomic mass is 9.70. The summed E-state index contributed by atoms with van der Waals surface area (Å²) in [5.74, 6) is -2.09. The second-order valence-electron chi connectivity index (χ2n) is 11.1. The summed E-state index contributed by atoms with van der Waals surface area (Å²) in [4.78, 5) is 47.9. The lowest BCUT2D eigenvalue weighted by molar-refractivity contribution is -0.147. The van der Waals surface area contributed by atoms with Gasteiger partial charge in [-0.15, -0.1) is 13.2 Å². The van der Waals surface area contributed by atoms with Crippen LogP contribution in [0.5, 0.6) is 0 Å². The zero-order valence-corrected chi connectivity index (χ0v) is 23.8. The third-order valence-electron chi connectivity index (χ3n) is 8.77. The third-order valence-corrected chi connectivity index (χ3v) is 8.77. The lowest BCUT2D eigenvalue weighted by Gasteiger charge is -2.39. The van der Waals surface area contributed by atoms with Crippen molar-refractivity contribution in [1.82, 2.24) is 9.80 Å². The standard InChI is InChI=1S/C31H43N3O5/c1-7-16-32(17-8-2)28(36)24-23-14-15-31(39-23)25(24)29(37)34(22(10-4)19-35)27(31)30(38)33(18-9-3)26-20(5)12-11-13-21(26)6/h7,9,11-13,22-25,27,35H,1,3,8,10,14-19H2,2,4-6H3/t22-,23-,24+,25-,27?,31?/m0/s1. The SMILES string of the molecule is C=CCN(CCC)C(=O)[C@@H]1[C@@H]2CCC3(O2)C(C(=O)N(CC=C)c2c(C)cccc2C)N([C@@H](CC)CO)C(=O)[C@H]13. The van der Waals surface area contributed by atoms with Gasteiger partial charge in [0.05, 0.1) is 30.6 Å². The number of benzene rings is 1. The highest BCUT2D eigenvalue weighted by Crippen LogP contribution is 2.59. The number of aryl methyl sites for hydroxylation is 2. The summed E-state index contributed by atoms with van der Waals surface area (Å²) in [6.07, 6.45) is 5.33. The Labute approximate surface area is 232 Å². The van der Waals surface area contributed by atoms with Crippen molar-refractivity contribution >= 4 is 23.4 Å². The van der Waals surface area contributed by atoms with E-state index in [1.165, 1.54) is 0 Å². The Balaban J connectivity index is 1.83. The Morgan fingerprint density at radius 2 is 1.85 bits per heavy atom. The summed E-state index contributed by atoms with van der Waals surface area (Å²) in [7, 11) is 0. The fourth-order valence-electron chi connectivity index (χ4n) is 7.19. The average Bonchev–Trinajstić information content (AvgIpc) is 3.56. The number of amides is 3. The summed E-state index contributed by atoms with van der Waals surface area (Å²) in [5.41, 5.74) is 1.54. The minimum Gasteiger partial charge on any atom is -0.394 e. The molecule has 0 saturated carbocycles. The first kappa shape index (κ1) is 29.0. The van der Waals surface area contributed by atoms with E-state index in [1.807, 2.05) is 45.9 Å². The topological polar surface area (TPSA) is 90.4 Å². The van der Waals surface area contributed by atoms with Crippen LogP contribution in [-0.2, 0) is 19.1 Å². The number of ether oxygens (including phenoxy) is 1. The van der Waals surface area contributed by atoms with E-state index in [2.05, 4.69) is 13.2 Å². The molecule has 39 heavy (non-hydrogen) atoms. The first-order chi connectivity index (χ1) is 18.7. The predicted octanol–water partition coefficient (Wildman–Crippen LogP) is 3.39. The number of anilines is 1. The van der Waals surface area contributed by atoms with Crippen molar-refractivity contribution < 1.29 is 24.2 Å². The van der Waals surface area contributed by atoms with Crippen LogP contribution in [0.25, 0.3) is 0 Å². The molecule has 0 radical (unpaired) electrons. The van der Waals surface area contributed by atoms with Gasteiger partial charge in [-0.05, 0) is 50.7 Å². The molecule has 3 amide bonds. The van der Waals surface area contributed by atoms with Crippen molar-refractivity contribution in [2.24, 2.45) is 11.8 Å². The van der Waals surface area contributed by atoms with E-state index in [4.69, 9.17) is 4.74 Å². The number of rotatable bonds is 12. The molecule has 1 N–H and O–H groups in total. The van der Waals surface area contributed by atoms with E-state index in [1.54, 1.807) is 26.9 Å². The molecule has 3 saturated heterocycles. The molecule has 1 aromatic rings. The average molecular weight is 538 g/mol. The van der Waals surface area contributed by atoms with Crippen LogP contribution in [0.4, 0.5) is 5.69 Å². The smallest absolute Gasteiger partial charge is 0.253 e. The highest BCUT2D eigenvalue weighted by atomic mass is 16.5. The number of carbonyl (C=O) groups is 3. The van der Waals surface area contributed by atoms with Crippen LogP contribution < -0.4 is 4.90 Å². The lowest BCUT2D eigenvalue weighted by Crippen LogP contribution is -2.59. The highest BCUT2D eigenvalue weighted by Gasteiger charge is 2.75. The fraction of sp³-hybridized carbons (Fsp3) is 0.581. The van der Waals surface area contributed by atoms with Crippen LogP contribution in [0, 0.1) is 25.7 Å². The molecular weight excluding hydrogens is 494 g/mol. The highest BCUT2D eigenvalue weighted by molar-refractivity contribution is 6.05. The first-order valence-corrected chi connectivity index (χ1v) is 14.2. The second kappa shape index (κ2) is 11.6. The number of nitrogens with zero attached hydrogens (tertiary/aromatic N) is 3. The predicted molar refractivity (Wildman–Crippen MR) is 151 cm³/mol. The summed E-state index contributed by atoms with van der Waals surface area (Å²) >= 11 is 0. The Morgan fingerprint density at radius 1 is 1.18 bits per heavy atom. The largest absolute Gasteiger partial charge is 0.394 e. The number of carbonyl (C=O) groups excluding carboxylic acids is 3. The maximum Gasteiger partial charge on any atom is 0.253 e. The summed E-state index contributed by atoms with van der Waals surface area (Å²) in [6, 6.07) is 4.36. The molecule has 1 aromatic carbocycles. The fourth-order valence-corrected chi connectivity index (χ4v) is 7.19. The van der Waals surface area contributed by atoms with Crippen LogP contribution in [0.2, 0.25) is 0 Å². The van der Waals surface area contributed by atoms with Crippen LogP contribution >= 0.6 is 0 Å². The number of aliphatic hydroxyl groups excluding tert-OH is 1. The number of fused-ring (bicyclic) bond motifs is 1. The molecular formula is C31H43N3O5. The quantitative estimate of drug-likeness (QED) is 0.413. The third kappa shape index (κ3) is 4.61. The van der Waals surface area contributed by atoms with Crippen molar-refractivity contribution in [3.05, 3.63) is 54.6 Å². The van der Waals surface area contributed by atoms with E-state index in [-0.39, 0.29) is 30.9 Å². The molecule has 3 fully saturated rings. The van der Waals surface area contributed by atoms with Gasteiger partial charge in [0.2, 0.25) is 11.8 Å². The summed E-state index contributed by atoms with van der Waals surface area (Å²) < 4.78 is 6.63. The van der Waals surface area contributed by atoms with E-state index < -0.39 is 35.6 Å². The summed E-state index contributed by atoms with van der Waals surface area (Å²) in [5, 5.41) is 10.3. The normalized spacial score (nSPS) is 27.8. The van der Waals surface area contributed by atoms with Crippen molar-refractivity contribution in [2.75, 3.05) is 31.1 Å². The molecule has 6 atom stereocenters. The van der Waals surface area contributed by atoms with Crippen LogP contribution in [-0.4, -0.2) is 82.7 Å². The van der Waals surface area contributed by atoms with Crippen molar-refractivity contribution in [3.8, 4) is 0 Å². The molecule has 212 valence electrons. The zero-order valence-electron chi connectivity index (χ0n) is 23.8. The molecule has 0 aromatic heterocycles. The Morgan fingerprint density at radius 3 is 2.41 bits per heavy atom.